The van der Waals surface area contributed by atoms with E-state index in [1.165, 1.54) is 17.8 Å². The molecule has 2 aliphatic rings. The van der Waals surface area contributed by atoms with E-state index in [1.54, 1.807) is 11.8 Å². The lowest BCUT2D eigenvalue weighted by Gasteiger charge is -2.38. The largest absolute Gasteiger partial charge is 0.494 e. The Balaban J connectivity index is 2.06. The van der Waals surface area contributed by atoms with Crippen molar-refractivity contribution in [3.63, 3.8) is 0 Å². The zero-order valence-electron chi connectivity index (χ0n) is 15.4. The molecule has 1 aromatic carbocycles. The molecule has 7 heteroatoms. The Morgan fingerprint density at radius 2 is 2.15 bits per heavy atom. The Hall–Kier alpha value is -2.54. The first kappa shape index (κ1) is 19.2. The smallest absolute Gasteiger partial charge is 0.338 e. The average molecular weight is 386 g/mol. The van der Waals surface area contributed by atoms with E-state index in [4.69, 9.17) is 9.47 Å². The van der Waals surface area contributed by atoms with Crippen LogP contribution in [0.1, 0.15) is 31.9 Å². The van der Waals surface area contributed by atoms with Gasteiger partial charge in [-0.2, -0.15) is 0 Å². The van der Waals surface area contributed by atoms with Crippen LogP contribution in [0.4, 0.5) is 0 Å². The third-order valence-electron chi connectivity index (χ3n) is 4.27. The van der Waals surface area contributed by atoms with Crippen molar-refractivity contribution in [2.75, 3.05) is 19.0 Å². The molecule has 0 aliphatic carbocycles. The number of thioether (sulfide) groups is 1. The second-order valence-electron chi connectivity index (χ2n) is 6.05. The van der Waals surface area contributed by atoms with Crippen LogP contribution in [-0.4, -0.2) is 40.9 Å². The topological polar surface area (TPSA) is 68.2 Å². The molecular weight excluding hydrogens is 364 g/mol. The number of esters is 1. The van der Waals surface area contributed by atoms with Crippen molar-refractivity contribution in [1.29, 1.82) is 0 Å². The number of carbonyl (C=O) groups excluding carboxylic acids is 2. The molecule has 0 aromatic heterocycles. The summed E-state index contributed by atoms with van der Waals surface area (Å²) in [7, 11) is 0. The first-order chi connectivity index (χ1) is 13.1. The highest BCUT2D eigenvalue weighted by Crippen LogP contribution is 2.40. The Bertz CT molecular complexity index is 814. The molecule has 1 atom stereocenters. The van der Waals surface area contributed by atoms with Gasteiger partial charge < -0.3 is 9.47 Å². The van der Waals surface area contributed by atoms with E-state index >= 15 is 0 Å². The average Bonchev–Trinajstić information content (AvgIpc) is 2.66. The number of allylic oxidation sites excluding steroid dienone is 1. The second-order valence-corrected chi connectivity index (χ2v) is 7.11. The number of ether oxygens (including phenoxy) is 2. The maximum absolute atomic E-state index is 12.7. The molecule has 1 aromatic rings. The minimum absolute atomic E-state index is 0.0482. The summed E-state index contributed by atoms with van der Waals surface area (Å²) >= 11 is 1.52. The molecule has 0 bridgehead atoms. The number of nitrogens with zero attached hydrogens (tertiary/aromatic N) is 2. The summed E-state index contributed by atoms with van der Waals surface area (Å²) in [5.41, 5.74) is 1.75. The number of aliphatic imine (C=N–C) groups is 1. The summed E-state index contributed by atoms with van der Waals surface area (Å²) in [5.74, 6) is 0.889. The number of carbonyl (C=O) groups is 2. The van der Waals surface area contributed by atoms with Crippen LogP contribution in [0.3, 0.4) is 0 Å². The van der Waals surface area contributed by atoms with E-state index in [1.807, 2.05) is 31.2 Å². The summed E-state index contributed by atoms with van der Waals surface area (Å²) in [6, 6.07) is 6.87. The van der Waals surface area contributed by atoms with E-state index in [-0.39, 0.29) is 12.5 Å². The Labute approximate surface area is 162 Å². The molecule has 0 unspecified atom stereocenters. The maximum Gasteiger partial charge on any atom is 0.338 e. The van der Waals surface area contributed by atoms with Crippen LogP contribution in [-0.2, 0) is 14.3 Å². The quantitative estimate of drug-likeness (QED) is 0.553. The van der Waals surface area contributed by atoms with Crippen LogP contribution in [0.15, 0.2) is 53.2 Å². The summed E-state index contributed by atoms with van der Waals surface area (Å²) < 4.78 is 10.8. The van der Waals surface area contributed by atoms with E-state index in [0.29, 0.717) is 35.2 Å². The normalized spacial score (nSPS) is 19.3. The van der Waals surface area contributed by atoms with Crippen molar-refractivity contribution in [2.24, 2.45) is 4.99 Å². The number of amides is 1. The number of hydrogen-bond acceptors (Lipinski definition) is 6. The first-order valence-corrected chi connectivity index (χ1v) is 9.80. The molecule has 1 fully saturated rings. The second kappa shape index (κ2) is 8.43. The van der Waals surface area contributed by atoms with Crippen molar-refractivity contribution >= 4 is 28.8 Å². The fourth-order valence-electron chi connectivity index (χ4n) is 3.10. The van der Waals surface area contributed by atoms with Crippen LogP contribution < -0.4 is 4.74 Å². The van der Waals surface area contributed by atoms with Crippen LogP contribution in [0.25, 0.3) is 0 Å². The number of fused-ring (bicyclic) bond motifs is 1. The van der Waals surface area contributed by atoms with Crippen molar-refractivity contribution in [3.8, 4) is 5.75 Å². The molecule has 0 saturated carbocycles. The number of rotatable bonds is 6. The lowest BCUT2D eigenvalue weighted by atomic mass is 9.94. The van der Waals surface area contributed by atoms with Gasteiger partial charge in [0.15, 0.2) is 5.17 Å². The highest BCUT2D eigenvalue weighted by Gasteiger charge is 2.41. The number of amidine groups is 1. The van der Waals surface area contributed by atoms with Crippen molar-refractivity contribution in [2.45, 2.75) is 26.3 Å². The lowest BCUT2D eigenvalue weighted by molar-refractivity contribution is -0.139. The van der Waals surface area contributed by atoms with Gasteiger partial charge in [-0.15, -0.1) is 0 Å². The summed E-state index contributed by atoms with van der Waals surface area (Å²) in [5, 5.41) is 0.628. The Kier molecular flexibility index (Phi) is 6.01. The van der Waals surface area contributed by atoms with Crippen LogP contribution in [0.2, 0.25) is 0 Å². The molecule has 1 saturated heterocycles. The maximum atomic E-state index is 12.7. The van der Waals surface area contributed by atoms with Gasteiger partial charge in [-0.3, -0.25) is 9.69 Å². The Morgan fingerprint density at radius 1 is 1.41 bits per heavy atom. The van der Waals surface area contributed by atoms with Crippen LogP contribution in [0.5, 0.6) is 5.75 Å². The summed E-state index contributed by atoms with van der Waals surface area (Å²) in [4.78, 5) is 31.5. The molecule has 27 heavy (non-hydrogen) atoms. The molecule has 0 spiro atoms. The van der Waals surface area contributed by atoms with Gasteiger partial charge in [-0.05, 0) is 31.5 Å². The zero-order chi connectivity index (χ0) is 19.4. The summed E-state index contributed by atoms with van der Waals surface area (Å²) in [6.07, 6.45) is 1.92. The minimum atomic E-state index is -0.564. The van der Waals surface area contributed by atoms with Gasteiger partial charge >= 0.3 is 5.97 Å². The van der Waals surface area contributed by atoms with Crippen molar-refractivity contribution < 1.29 is 19.1 Å². The highest BCUT2D eigenvalue weighted by atomic mass is 32.2. The van der Waals surface area contributed by atoms with Gasteiger partial charge in [0.05, 0.1) is 23.9 Å². The van der Waals surface area contributed by atoms with Gasteiger partial charge in [0, 0.05) is 12.2 Å². The summed E-state index contributed by atoms with van der Waals surface area (Å²) in [6.45, 7) is 7.94. The van der Waals surface area contributed by atoms with Crippen LogP contribution >= 0.6 is 11.8 Å². The SMILES string of the molecule is C=CCOC(=O)C1=C(C)N=C2SCCC(=O)N2[C@H]1c1ccc(OCC)cc1. The molecule has 142 valence electrons. The molecule has 6 nitrogen and oxygen atoms in total. The Morgan fingerprint density at radius 3 is 2.81 bits per heavy atom. The predicted octanol–water partition coefficient (Wildman–Crippen LogP) is 3.46. The van der Waals surface area contributed by atoms with Gasteiger partial charge in [0.25, 0.3) is 0 Å². The fourth-order valence-corrected chi connectivity index (χ4v) is 4.11. The molecule has 3 rings (SSSR count). The highest BCUT2D eigenvalue weighted by molar-refractivity contribution is 8.14. The van der Waals surface area contributed by atoms with Crippen LogP contribution in [0, 0.1) is 0 Å². The van der Waals surface area contributed by atoms with E-state index in [2.05, 4.69) is 11.6 Å². The third-order valence-corrected chi connectivity index (χ3v) is 5.22. The molecule has 2 aliphatic heterocycles. The number of benzene rings is 1. The van der Waals surface area contributed by atoms with E-state index in [0.717, 1.165) is 11.3 Å². The lowest BCUT2D eigenvalue weighted by Crippen LogP contribution is -2.45. The molecular formula is C20H22N2O4S. The van der Waals surface area contributed by atoms with Gasteiger partial charge in [-0.25, -0.2) is 9.79 Å². The van der Waals surface area contributed by atoms with Gasteiger partial charge in [0.2, 0.25) is 5.91 Å². The zero-order valence-corrected chi connectivity index (χ0v) is 16.3. The van der Waals surface area contributed by atoms with Gasteiger partial charge in [0.1, 0.15) is 12.4 Å². The van der Waals surface area contributed by atoms with Crippen molar-refractivity contribution in [1.82, 2.24) is 4.90 Å². The molecule has 2 heterocycles. The minimum Gasteiger partial charge on any atom is -0.494 e. The van der Waals surface area contributed by atoms with E-state index in [9.17, 15) is 9.59 Å². The standard InChI is InChI=1S/C20H22N2O4S/c1-4-11-26-19(24)17-13(3)21-20-22(16(23)10-12-27-20)18(17)14-6-8-15(9-7-14)25-5-2/h4,6-9,18H,1,5,10-12H2,2-3H3/t18-/m0/s1. The molecule has 0 N–H and O–H groups in total. The monoisotopic (exact) mass is 386 g/mol. The molecule has 1 amide bonds. The van der Waals surface area contributed by atoms with Crippen molar-refractivity contribution in [3.05, 3.63) is 53.8 Å². The number of hydrogen-bond donors (Lipinski definition) is 0. The third kappa shape index (κ3) is 3.93. The van der Waals surface area contributed by atoms with E-state index < -0.39 is 12.0 Å². The van der Waals surface area contributed by atoms with Gasteiger partial charge in [-0.1, -0.05) is 36.5 Å². The predicted molar refractivity (Wildman–Crippen MR) is 106 cm³/mol. The first-order valence-electron chi connectivity index (χ1n) is 8.82. The fraction of sp³-hybridized carbons (Fsp3) is 0.350. The molecule has 0 radical (unpaired) electrons.